The molecule has 0 amide bonds. The van der Waals surface area contributed by atoms with Crippen molar-refractivity contribution in [2.75, 3.05) is 57.8 Å². The van der Waals surface area contributed by atoms with Crippen molar-refractivity contribution < 1.29 is 4.74 Å². The number of anilines is 1. The molecule has 1 aromatic carbocycles. The number of para-hydroxylation sites is 1. The monoisotopic (exact) mass is 551 g/mol. The summed E-state index contributed by atoms with van der Waals surface area (Å²) in [5.74, 6) is 3.36. The van der Waals surface area contributed by atoms with E-state index < -0.39 is 0 Å². The fourth-order valence-electron chi connectivity index (χ4n) is 3.64. The van der Waals surface area contributed by atoms with Crippen LogP contribution in [0.2, 0.25) is 0 Å². The Morgan fingerprint density at radius 3 is 2.53 bits per heavy atom. The molecule has 4 rings (SSSR count). The zero-order valence-corrected chi connectivity index (χ0v) is 21.1. The highest BCUT2D eigenvalue weighted by atomic mass is 127. The van der Waals surface area contributed by atoms with Gasteiger partial charge in [0.05, 0.1) is 6.61 Å². The molecule has 8 nitrogen and oxygen atoms in total. The minimum absolute atomic E-state index is 0. The van der Waals surface area contributed by atoms with Crippen LogP contribution in [0.5, 0.6) is 5.75 Å². The van der Waals surface area contributed by atoms with E-state index in [4.69, 9.17) is 4.74 Å². The highest BCUT2D eigenvalue weighted by Gasteiger charge is 2.22. The fourth-order valence-corrected chi connectivity index (χ4v) is 3.64. The fraction of sp³-hybridized carbons (Fsp3) is 0.522. The predicted octanol–water partition coefficient (Wildman–Crippen LogP) is 2.37. The molecule has 2 fully saturated rings. The van der Waals surface area contributed by atoms with Crippen molar-refractivity contribution >= 4 is 35.9 Å². The number of nitrogens with zero attached hydrogens (tertiary/aromatic N) is 5. The number of aromatic nitrogens is 2. The number of aliphatic imine (C=N–C) groups is 1. The summed E-state index contributed by atoms with van der Waals surface area (Å²) in [4.78, 5) is 17.8. The second-order valence-corrected chi connectivity index (χ2v) is 8.09. The Bertz CT molecular complexity index is 839. The molecule has 2 N–H and O–H groups in total. The third-order valence-electron chi connectivity index (χ3n) is 5.74. The van der Waals surface area contributed by atoms with Crippen molar-refractivity contribution in [1.29, 1.82) is 0 Å². The Morgan fingerprint density at radius 2 is 1.81 bits per heavy atom. The Kier molecular flexibility index (Phi) is 9.79. The van der Waals surface area contributed by atoms with Crippen molar-refractivity contribution in [3.05, 3.63) is 48.3 Å². The number of benzene rings is 1. The number of rotatable bonds is 9. The minimum Gasteiger partial charge on any atom is -0.493 e. The van der Waals surface area contributed by atoms with Crippen LogP contribution in [0.15, 0.2) is 47.7 Å². The lowest BCUT2D eigenvalue weighted by molar-refractivity contribution is 0.260. The highest BCUT2D eigenvalue weighted by Crippen LogP contribution is 2.30. The van der Waals surface area contributed by atoms with Gasteiger partial charge >= 0.3 is 0 Å². The molecular formula is C23H34IN7O. The third-order valence-corrected chi connectivity index (χ3v) is 5.74. The number of hydrogen-bond acceptors (Lipinski definition) is 6. The van der Waals surface area contributed by atoms with Gasteiger partial charge in [-0.25, -0.2) is 9.97 Å². The largest absolute Gasteiger partial charge is 0.493 e. The first kappa shape index (κ1) is 24.5. The quantitative estimate of drug-likeness (QED) is 0.282. The number of hydrogen-bond donors (Lipinski definition) is 2. The van der Waals surface area contributed by atoms with Crippen LogP contribution in [0.25, 0.3) is 0 Å². The SMILES string of the molecule is CN=C(NCCN1CCN(c2ncccn2)CC1)NCc1ccccc1OCC1CC1.I. The van der Waals surface area contributed by atoms with Gasteiger partial charge in [-0.05, 0) is 30.9 Å². The third kappa shape index (κ3) is 7.47. The van der Waals surface area contributed by atoms with Crippen LogP contribution >= 0.6 is 24.0 Å². The van der Waals surface area contributed by atoms with Gasteiger partial charge in [0.15, 0.2) is 5.96 Å². The maximum absolute atomic E-state index is 6.01. The second-order valence-electron chi connectivity index (χ2n) is 8.09. The average Bonchev–Trinajstić information content (AvgIpc) is 3.66. The number of ether oxygens (including phenoxy) is 1. The van der Waals surface area contributed by atoms with E-state index in [9.17, 15) is 0 Å². The smallest absolute Gasteiger partial charge is 0.225 e. The van der Waals surface area contributed by atoms with Crippen LogP contribution in [0.4, 0.5) is 5.95 Å². The van der Waals surface area contributed by atoms with Crippen LogP contribution in [0.1, 0.15) is 18.4 Å². The second kappa shape index (κ2) is 12.8. The van der Waals surface area contributed by atoms with Crippen molar-refractivity contribution in [3.63, 3.8) is 0 Å². The molecule has 9 heteroatoms. The first-order valence-corrected chi connectivity index (χ1v) is 11.2. The van der Waals surface area contributed by atoms with E-state index in [1.54, 1.807) is 12.4 Å². The van der Waals surface area contributed by atoms with Crippen molar-refractivity contribution in [3.8, 4) is 5.75 Å². The molecule has 2 aliphatic rings. The zero-order valence-electron chi connectivity index (χ0n) is 18.7. The maximum atomic E-state index is 6.01. The molecule has 1 saturated carbocycles. The molecule has 2 heterocycles. The molecular weight excluding hydrogens is 517 g/mol. The lowest BCUT2D eigenvalue weighted by Gasteiger charge is -2.34. The summed E-state index contributed by atoms with van der Waals surface area (Å²) in [6, 6.07) is 10.1. The number of nitrogens with one attached hydrogen (secondary N) is 2. The van der Waals surface area contributed by atoms with Crippen molar-refractivity contribution in [2.24, 2.45) is 10.9 Å². The normalized spacial score (nSPS) is 16.9. The van der Waals surface area contributed by atoms with Crippen LogP contribution in [-0.4, -0.2) is 73.8 Å². The van der Waals surface area contributed by atoms with E-state index in [-0.39, 0.29) is 24.0 Å². The Balaban J connectivity index is 0.00000289. The van der Waals surface area contributed by atoms with E-state index in [1.807, 2.05) is 19.2 Å². The minimum atomic E-state index is 0. The number of halogens is 1. The summed E-state index contributed by atoms with van der Waals surface area (Å²) in [5, 5.41) is 6.84. The predicted molar refractivity (Wildman–Crippen MR) is 139 cm³/mol. The molecule has 0 spiro atoms. The molecule has 0 bridgehead atoms. The summed E-state index contributed by atoms with van der Waals surface area (Å²) in [5.41, 5.74) is 1.16. The maximum Gasteiger partial charge on any atom is 0.225 e. The van der Waals surface area contributed by atoms with E-state index in [0.29, 0.717) is 6.54 Å². The van der Waals surface area contributed by atoms with Crippen LogP contribution in [0.3, 0.4) is 0 Å². The summed E-state index contributed by atoms with van der Waals surface area (Å²) in [7, 11) is 1.81. The summed E-state index contributed by atoms with van der Waals surface area (Å²) in [6.07, 6.45) is 6.20. The molecule has 2 aromatic rings. The van der Waals surface area contributed by atoms with Gasteiger partial charge in [0.25, 0.3) is 0 Å². The molecule has 32 heavy (non-hydrogen) atoms. The van der Waals surface area contributed by atoms with E-state index in [2.05, 4.69) is 53.6 Å². The highest BCUT2D eigenvalue weighted by molar-refractivity contribution is 14.0. The van der Waals surface area contributed by atoms with E-state index in [0.717, 1.165) is 75.0 Å². The zero-order chi connectivity index (χ0) is 21.3. The Labute approximate surface area is 207 Å². The van der Waals surface area contributed by atoms with Gasteiger partial charge in [0.2, 0.25) is 5.95 Å². The lowest BCUT2D eigenvalue weighted by atomic mass is 10.2. The van der Waals surface area contributed by atoms with Crippen molar-refractivity contribution in [1.82, 2.24) is 25.5 Å². The van der Waals surface area contributed by atoms with Gasteiger partial charge < -0.3 is 20.3 Å². The molecule has 1 aliphatic carbocycles. The molecule has 1 saturated heterocycles. The standard InChI is InChI=1S/C23H33N7O.HI/c1-24-22(28-17-20-5-2-3-6-21(20)31-18-19-7-8-19)25-11-12-29-13-15-30(16-14-29)23-26-9-4-10-27-23;/h2-6,9-10,19H,7-8,11-18H2,1H3,(H2,24,25,28);1H. The molecule has 174 valence electrons. The number of guanidine groups is 1. The van der Waals surface area contributed by atoms with Crippen molar-refractivity contribution in [2.45, 2.75) is 19.4 Å². The van der Waals surface area contributed by atoms with E-state index >= 15 is 0 Å². The topological polar surface area (TPSA) is 77.9 Å². The average molecular weight is 551 g/mol. The first-order chi connectivity index (χ1) is 15.3. The molecule has 0 atom stereocenters. The van der Waals surface area contributed by atoms with E-state index in [1.165, 1.54) is 12.8 Å². The Morgan fingerprint density at radius 1 is 1.06 bits per heavy atom. The summed E-state index contributed by atoms with van der Waals surface area (Å²) < 4.78 is 6.01. The summed E-state index contributed by atoms with van der Waals surface area (Å²) >= 11 is 0. The summed E-state index contributed by atoms with van der Waals surface area (Å²) in [6.45, 7) is 7.27. The van der Waals surface area contributed by atoms with Crippen LogP contribution in [-0.2, 0) is 6.54 Å². The van der Waals surface area contributed by atoms with Crippen LogP contribution in [0, 0.1) is 5.92 Å². The Hall–Kier alpha value is -2.14. The van der Waals surface area contributed by atoms with Crippen LogP contribution < -0.4 is 20.3 Å². The van der Waals surface area contributed by atoms with Gasteiger partial charge in [0, 0.05) is 70.8 Å². The first-order valence-electron chi connectivity index (χ1n) is 11.2. The molecule has 1 aromatic heterocycles. The van der Waals surface area contributed by atoms with Gasteiger partial charge in [-0.3, -0.25) is 9.89 Å². The number of piperazine rings is 1. The van der Waals surface area contributed by atoms with Gasteiger partial charge in [-0.2, -0.15) is 0 Å². The molecule has 0 radical (unpaired) electrons. The molecule has 0 unspecified atom stereocenters. The molecule has 1 aliphatic heterocycles. The van der Waals surface area contributed by atoms with Gasteiger partial charge in [0.1, 0.15) is 5.75 Å². The van der Waals surface area contributed by atoms with Gasteiger partial charge in [-0.15, -0.1) is 24.0 Å². The van der Waals surface area contributed by atoms with Gasteiger partial charge in [-0.1, -0.05) is 18.2 Å². The lowest BCUT2D eigenvalue weighted by Crippen LogP contribution is -2.49.